The first kappa shape index (κ1) is 33.1. The lowest BCUT2D eigenvalue weighted by Crippen LogP contribution is -2.15. The second kappa shape index (κ2) is 12.1. The number of hydrogen-bond acceptors (Lipinski definition) is 2. The van der Waals surface area contributed by atoms with Gasteiger partial charge in [0, 0.05) is 37.6 Å². The summed E-state index contributed by atoms with van der Waals surface area (Å²) in [5.41, 5.74) is 19.2. The molecule has 0 N–H and O–H groups in total. The van der Waals surface area contributed by atoms with Crippen LogP contribution in [0.15, 0.2) is 176 Å². The van der Waals surface area contributed by atoms with Gasteiger partial charge >= 0.3 is 0 Å². The van der Waals surface area contributed by atoms with E-state index in [4.69, 9.17) is 0 Å². The molecule has 0 spiro atoms. The van der Waals surface area contributed by atoms with Gasteiger partial charge in [0.25, 0.3) is 0 Å². The third kappa shape index (κ3) is 4.72. The van der Waals surface area contributed by atoms with Crippen molar-refractivity contribution in [1.29, 1.82) is 0 Å². The van der Waals surface area contributed by atoms with Crippen molar-refractivity contribution >= 4 is 48.6 Å². The Bertz CT molecular complexity index is 3050. The smallest absolute Gasteiger partial charge is 0.0640 e. The number of fused-ring (bicyclic) bond motifs is 9. The second-order valence-electron chi connectivity index (χ2n) is 16.5. The van der Waals surface area contributed by atoms with Crippen molar-refractivity contribution in [1.82, 2.24) is 0 Å². The Balaban J connectivity index is 1.15. The van der Waals surface area contributed by atoms with E-state index < -0.39 is 0 Å². The van der Waals surface area contributed by atoms with Gasteiger partial charge in [-0.15, -0.1) is 11.3 Å². The topological polar surface area (TPSA) is 3.24 Å². The zero-order chi connectivity index (χ0) is 37.8. The van der Waals surface area contributed by atoms with Crippen molar-refractivity contribution in [2.24, 2.45) is 0 Å². The maximum absolute atomic E-state index is 2.52. The molecule has 0 saturated carbocycles. The molecule has 8 aromatic carbocycles. The Labute approximate surface area is 333 Å². The maximum atomic E-state index is 2.52. The molecule has 0 unspecified atom stereocenters. The van der Waals surface area contributed by atoms with Crippen molar-refractivity contribution in [3.05, 3.63) is 198 Å². The number of thiophene rings is 1. The molecule has 2 aliphatic carbocycles. The van der Waals surface area contributed by atoms with Gasteiger partial charge in [0.15, 0.2) is 0 Å². The van der Waals surface area contributed by atoms with Gasteiger partial charge in [-0.2, -0.15) is 0 Å². The minimum absolute atomic E-state index is 0.0247. The van der Waals surface area contributed by atoms with Crippen LogP contribution < -0.4 is 4.90 Å². The van der Waals surface area contributed by atoms with E-state index in [0.29, 0.717) is 0 Å². The molecular weight excluding hydrogens is 695 g/mol. The third-order valence-corrected chi connectivity index (χ3v) is 13.9. The van der Waals surface area contributed by atoms with Gasteiger partial charge in [-0.25, -0.2) is 0 Å². The molecule has 0 radical (unpaired) electrons. The van der Waals surface area contributed by atoms with Crippen LogP contribution in [0, 0.1) is 0 Å². The summed E-state index contributed by atoms with van der Waals surface area (Å²) in [7, 11) is 0. The molecule has 1 nitrogen and oxygen atoms in total. The molecule has 268 valence electrons. The van der Waals surface area contributed by atoms with Gasteiger partial charge in [-0.3, -0.25) is 0 Å². The Morgan fingerprint density at radius 2 is 0.964 bits per heavy atom. The average molecular weight is 736 g/mol. The van der Waals surface area contributed by atoms with E-state index in [-0.39, 0.29) is 10.8 Å². The largest absolute Gasteiger partial charge is 0.308 e. The fourth-order valence-electron chi connectivity index (χ4n) is 9.92. The lowest BCUT2D eigenvalue weighted by Gasteiger charge is -2.29. The average Bonchev–Trinajstić information content (AvgIpc) is 3.82. The molecule has 1 heterocycles. The van der Waals surface area contributed by atoms with E-state index in [1.807, 2.05) is 11.3 Å². The SMILES string of the molecule is CC1(C)c2ccccc2-c2cc(-c3cccc(N(c4ccccc4-c4cccc5c4-c4ccccc4C5(C)C)c4cccc5c4sc4ccccc45)c3)ccc21. The van der Waals surface area contributed by atoms with Crippen LogP contribution in [0.2, 0.25) is 0 Å². The first-order valence-electron chi connectivity index (χ1n) is 19.7. The molecule has 0 atom stereocenters. The molecule has 56 heavy (non-hydrogen) atoms. The van der Waals surface area contributed by atoms with Gasteiger partial charge in [0.1, 0.15) is 0 Å². The van der Waals surface area contributed by atoms with Crippen molar-refractivity contribution in [2.75, 3.05) is 4.90 Å². The van der Waals surface area contributed by atoms with Crippen LogP contribution in [0.25, 0.3) is 64.7 Å². The first-order valence-corrected chi connectivity index (χ1v) is 20.5. The third-order valence-electron chi connectivity index (χ3n) is 12.7. The summed E-state index contributed by atoms with van der Waals surface area (Å²) in [6, 6.07) is 65.8. The number of rotatable bonds is 5. The lowest BCUT2D eigenvalue weighted by molar-refractivity contribution is 0.660. The van der Waals surface area contributed by atoms with Crippen LogP contribution in [-0.2, 0) is 10.8 Å². The highest BCUT2D eigenvalue weighted by Crippen LogP contribution is 2.55. The van der Waals surface area contributed by atoms with Crippen LogP contribution in [0.1, 0.15) is 49.9 Å². The highest BCUT2D eigenvalue weighted by Gasteiger charge is 2.38. The highest BCUT2D eigenvalue weighted by atomic mass is 32.1. The zero-order valence-electron chi connectivity index (χ0n) is 32.1. The Morgan fingerprint density at radius 3 is 1.82 bits per heavy atom. The standard InChI is InChI=1S/C54H41NS/c1-53(2)44-24-9-5-18-37(44)43-33-35(30-31-46(43)53)34-16-13-17-36(32-34)55(49-28-15-23-41-39-20-8-12-29-50(39)56-52(41)49)48-27-11-7-19-38(48)40-22-14-26-47-51(40)42-21-6-10-25-45(42)54(47,3)4/h5-33H,1-4H3. The molecule has 0 saturated heterocycles. The molecular formula is C54H41NS. The zero-order valence-corrected chi connectivity index (χ0v) is 32.9. The molecule has 9 aromatic rings. The lowest BCUT2D eigenvalue weighted by atomic mass is 9.82. The van der Waals surface area contributed by atoms with E-state index in [1.165, 1.54) is 92.6 Å². The summed E-state index contributed by atoms with van der Waals surface area (Å²) in [4.78, 5) is 2.52. The summed E-state index contributed by atoms with van der Waals surface area (Å²) in [5, 5.41) is 2.59. The van der Waals surface area contributed by atoms with Gasteiger partial charge < -0.3 is 4.90 Å². The number of benzene rings is 8. The minimum Gasteiger partial charge on any atom is -0.308 e. The Morgan fingerprint density at radius 1 is 0.393 bits per heavy atom. The maximum Gasteiger partial charge on any atom is 0.0640 e. The molecule has 0 aliphatic heterocycles. The van der Waals surface area contributed by atoms with E-state index in [2.05, 4.69) is 209 Å². The first-order chi connectivity index (χ1) is 27.3. The second-order valence-corrected chi connectivity index (χ2v) is 17.5. The van der Waals surface area contributed by atoms with Crippen LogP contribution in [0.3, 0.4) is 0 Å². The fraction of sp³-hybridized carbons (Fsp3) is 0.111. The van der Waals surface area contributed by atoms with Crippen LogP contribution in [0.4, 0.5) is 17.1 Å². The van der Waals surface area contributed by atoms with Gasteiger partial charge in [-0.1, -0.05) is 167 Å². The molecule has 0 amide bonds. The van der Waals surface area contributed by atoms with E-state index in [0.717, 1.165) is 11.4 Å². The molecule has 0 bridgehead atoms. The van der Waals surface area contributed by atoms with Crippen LogP contribution >= 0.6 is 11.3 Å². The summed E-state index contributed by atoms with van der Waals surface area (Å²) >= 11 is 1.88. The summed E-state index contributed by atoms with van der Waals surface area (Å²) in [5.74, 6) is 0. The monoisotopic (exact) mass is 735 g/mol. The molecule has 2 aliphatic rings. The Kier molecular flexibility index (Phi) is 7.18. The predicted molar refractivity (Wildman–Crippen MR) is 240 cm³/mol. The minimum atomic E-state index is -0.0842. The van der Waals surface area contributed by atoms with E-state index in [9.17, 15) is 0 Å². The van der Waals surface area contributed by atoms with Crippen molar-refractivity contribution < 1.29 is 0 Å². The Hall–Kier alpha value is -6.22. The summed E-state index contributed by atoms with van der Waals surface area (Å²) < 4.78 is 2.59. The van der Waals surface area contributed by atoms with Crippen LogP contribution in [0.5, 0.6) is 0 Å². The summed E-state index contributed by atoms with van der Waals surface area (Å²) in [6.45, 7) is 9.44. The number of anilines is 3. The van der Waals surface area contributed by atoms with Crippen LogP contribution in [-0.4, -0.2) is 0 Å². The van der Waals surface area contributed by atoms with Gasteiger partial charge in [0.05, 0.1) is 16.1 Å². The summed E-state index contributed by atoms with van der Waals surface area (Å²) in [6.07, 6.45) is 0. The molecule has 0 fully saturated rings. The van der Waals surface area contributed by atoms with Crippen molar-refractivity contribution in [3.8, 4) is 44.5 Å². The fourth-order valence-corrected chi connectivity index (χ4v) is 11.1. The van der Waals surface area contributed by atoms with Crippen molar-refractivity contribution in [2.45, 2.75) is 38.5 Å². The van der Waals surface area contributed by atoms with E-state index >= 15 is 0 Å². The number of para-hydroxylation sites is 1. The normalized spacial score (nSPS) is 14.4. The quantitative estimate of drug-likeness (QED) is 0.170. The van der Waals surface area contributed by atoms with Crippen molar-refractivity contribution in [3.63, 3.8) is 0 Å². The molecule has 11 rings (SSSR count). The predicted octanol–water partition coefficient (Wildman–Crippen LogP) is 15.5. The highest BCUT2D eigenvalue weighted by molar-refractivity contribution is 7.26. The van der Waals surface area contributed by atoms with Gasteiger partial charge in [-0.05, 0) is 97.6 Å². The number of nitrogens with zero attached hydrogens (tertiary/aromatic N) is 1. The van der Waals surface area contributed by atoms with E-state index in [1.54, 1.807) is 0 Å². The molecule has 1 aromatic heterocycles. The number of hydrogen-bond donors (Lipinski definition) is 0. The molecule has 2 heteroatoms. The van der Waals surface area contributed by atoms with Gasteiger partial charge in [0.2, 0.25) is 0 Å².